The van der Waals surface area contributed by atoms with Crippen LogP contribution in [0.4, 0.5) is 9.80 Å². The van der Waals surface area contributed by atoms with E-state index in [1.807, 2.05) is 0 Å². The zero-order chi connectivity index (χ0) is 23.3. The highest BCUT2D eigenvalue weighted by Crippen LogP contribution is 2.38. The van der Waals surface area contributed by atoms with E-state index in [-0.39, 0.29) is 29.6 Å². The summed E-state index contributed by atoms with van der Waals surface area (Å²) in [6, 6.07) is 6.19. The van der Waals surface area contributed by atoms with Gasteiger partial charge < -0.3 is 10.1 Å². The quantitative estimate of drug-likeness (QED) is 0.629. The molecule has 0 bridgehead atoms. The molecular formula is C22H26N2O6S2. The van der Waals surface area contributed by atoms with Gasteiger partial charge in [-0.2, -0.15) is 0 Å². The fourth-order valence-corrected chi connectivity index (χ4v) is 5.74. The summed E-state index contributed by atoms with van der Waals surface area (Å²) < 4.78 is 28.7. The number of alkyl carbamates (subject to hydrolysis) is 1. The van der Waals surface area contributed by atoms with Gasteiger partial charge in [0.1, 0.15) is 5.00 Å². The van der Waals surface area contributed by atoms with Gasteiger partial charge in [-0.1, -0.05) is 19.1 Å². The molecule has 0 saturated carbocycles. The van der Waals surface area contributed by atoms with Gasteiger partial charge in [-0.3, -0.25) is 14.9 Å². The molecule has 1 aromatic carbocycles. The zero-order valence-electron chi connectivity index (χ0n) is 18.0. The van der Waals surface area contributed by atoms with Crippen molar-refractivity contribution in [3.8, 4) is 0 Å². The second kappa shape index (κ2) is 10.3. The Bertz CT molecular complexity index is 1120. The largest absolute Gasteiger partial charge is 0.450 e. The van der Waals surface area contributed by atoms with Crippen LogP contribution in [0, 0.1) is 0 Å². The van der Waals surface area contributed by atoms with Crippen LogP contribution in [0.15, 0.2) is 29.2 Å². The molecule has 1 aliphatic carbocycles. The lowest BCUT2D eigenvalue weighted by atomic mass is 9.95. The number of anilines is 1. The van der Waals surface area contributed by atoms with Crippen LogP contribution in [-0.2, 0) is 38.6 Å². The number of benzene rings is 1. The van der Waals surface area contributed by atoms with Gasteiger partial charge in [-0.15, -0.1) is 11.3 Å². The second-order valence-corrected chi connectivity index (χ2v) is 10.7. The molecule has 32 heavy (non-hydrogen) atoms. The molecule has 1 aromatic heterocycles. The number of amides is 3. The van der Waals surface area contributed by atoms with E-state index in [2.05, 4.69) is 10.6 Å². The Balaban J connectivity index is 1.77. The summed E-state index contributed by atoms with van der Waals surface area (Å²) in [6.07, 6.45) is 2.67. The van der Waals surface area contributed by atoms with Gasteiger partial charge in [-0.25, -0.2) is 13.2 Å². The third-order valence-corrected chi connectivity index (χ3v) is 8.13. The highest BCUT2D eigenvalue weighted by molar-refractivity contribution is 7.91. The normalized spacial score (nSPS) is 13.2. The Morgan fingerprint density at radius 1 is 1.06 bits per heavy atom. The molecule has 0 spiro atoms. The Morgan fingerprint density at radius 2 is 1.75 bits per heavy atom. The minimum Gasteiger partial charge on any atom is -0.450 e. The topological polar surface area (TPSA) is 119 Å². The summed E-state index contributed by atoms with van der Waals surface area (Å²) in [4.78, 5) is 38.4. The van der Waals surface area contributed by atoms with E-state index in [1.54, 1.807) is 26.0 Å². The summed E-state index contributed by atoms with van der Waals surface area (Å²) in [6.45, 7) is 3.36. The number of imide groups is 1. The molecule has 0 unspecified atom stereocenters. The number of hydrogen-bond acceptors (Lipinski definition) is 7. The number of ether oxygens (including phenoxy) is 1. The fraction of sp³-hybridized carbons (Fsp3) is 0.409. The van der Waals surface area contributed by atoms with Crippen molar-refractivity contribution < 1.29 is 27.5 Å². The fourth-order valence-electron chi connectivity index (χ4n) is 3.55. The molecule has 3 rings (SSSR count). The Morgan fingerprint density at radius 3 is 2.41 bits per heavy atom. The van der Waals surface area contributed by atoms with E-state index in [1.165, 1.54) is 23.5 Å². The van der Waals surface area contributed by atoms with E-state index < -0.39 is 21.8 Å². The van der Waals surface area contributed by atoms with E-state index in [0.29, 0.717) is 22.5 Å². The van der Waals surface area contributed by atoms with Crippen LogP contribution in [0.25, 0.3) is 0 Å². The van der Waals surface area contributed by atoms with Crippen molar-refractivity contribution in [2.45, 2.75) is 50.8 Å². The highest BCUT2D eigenvalue weighted by atomic mass is 32.2. The molecule has 0 aliphatic heterocycles. The van der Waals surface area contributed by atoms with Crippen molar-refractivity contribution in [3.05, 3.63) is 45.8 Å². The smallest absolute Gasteiger partial charge is 0.414 e. The summed E-state index contributed by atoms with van der Waals surface area (Å²) in [5.41, 5.74) is 1.83. The average molecular weight is 479 g/mol. The first-order valence-corrected chi connectivity index (χ1v) is 13.0. The van der Waals surface area contributed by atoms with E-state index in [0.717, 1.165) is 29.7 Å². The number of rotatable bonds is 7. The van der Waals surface area contributed by atoms with Crippen molar-refractivity contribution in [1.82, 2.24) is 5.32 Å². The third-order valence-electron chi connectivity index (χ3n) is 5.17. The van der Waals surface area contributed by atoms with Gasteiger partial charge in [0.05, 0.1) is 29.2 Å². The summed E-state index contributed by atoms with van der Waals surface area (Å²) in [7, 11) is -3.30. The number of aryl methyl sites for hydroxylation is 1. The predicted molar refractivity (Wildman–Crippen MR) is 122 cm³/mol. The molecular weight excluding hydrogens is 452 g/mol. The molecule has 0 atom stereocenters. The summed E-state index contributed by atoms with van der Waals surface area (Å²) >= 11 is 1.35. The Hall–Kier alpha value is -2.72. The highest BCUT2D eigenvalue weighted by Gasteiger charge is 2.27. The van der Waals surface area contributed by atoms with Crippen molar-refractivity contribution >= 4 is 44.1 Å². The maximum Gasteiger partial charge on any atom is 0.414 e. The third kappa shape index (κ3) is 5.55. The van der Waals surface area contributed by atoms with Crippen LogP contribution < -0.4 is 10.6 Å². The van der Waals surface area contributed by atoms with Crippen LogP contribution in [0.1, 0.15) is 53.1 Å². The average Bonchev–Trinajstić information content (AvgIpc) is 3.11. The molecule has 10 heteroatoms. The van der Waals surface area contributed by atoms with Crippen LogP contribution >= 0.6 is 11.3 Å². The number of sulfone groups is 1. The zero-order valence-corrected chi connectivity index (χ0v) is 19.7. The van der Waals surface area contributed by atoms with Gasteiger partial charge in [0.15, 0.2) is 9.84 Å². The summed E-state index contributed by atoms with van der Waals surface area (Å²) in [5, 5.41) is 5.44. The first kappa shape index (κ1) is 23.9. The molecule has 172 valence electrons. The number of hydrogen-bond donors (Lipinski definition) is 2. The van der Waals surface area contributed by atoms with Gasteiger partial charge in [0, 0.05) is 4.88 Å². The number of nitrogens with one attached hydrogen (secondary N) is 2. The van der Waals surface area contributed by atoms with E-state index in [9.17, 15) is 22.8 Å². The Kier molecular flexibility index (Phi) is 7.68. The van der Waals surface area contributed by atoms with Crippen molar-refractivity contribution in [1.29, 1.82) is 0 Å². The lowest BCUT2D eigenvalue weighted by Gasteiger charge is -2.13. The van der Waals surface area contributed by atoms with Crippen molar-refractivity contribution in [2.24, 2.45) is 0 Å². The van der Waals surface area contributed by atoms with Crippen molar-refractivity contribution in [2.75, 3.05) is 17.7 Å². The Labute approximate surface area is 191 Å². The van der Waals surface area contributed by atoms with Gasteiger partial charge in [0.2, 0.25) is 5.91 Å². The maximum atomic E-state index is 12.8. The SMILES string of the molecule is CCOC(=O)NC(=O)c1c(NC(=O)Cc2ccc(S(=O)(=O)CC)cc2)sc2c1CCCC2. The first-order chi connectivity index (χ1) is 15.2. The van der Waals surface area contributed by atoms with Crippen LogP contribution in [-0.4, -0.2) is 38.7 Å². The lowest BCUT2D eigenvalue weighted by Crippen LogP contribution is -2.32. The van der Waals surface area contributed by atoms with Crippen LogP contribution in [0.2, 0.25) is 0 Å². The molecule has 8 nitrogen and oxygen atoms in total. The lowest BCUT2D eigenvalue weighted by molar-refractivity contribution is -0.115. The number of carbonyl (C=O) groups is 3. The number of fused-ring (bicyclic) bond motifs is 1. The molecule has 2 N–H and O–H groups in total. The first-order valence-electron chi connectivity index (χ1n) is 10.5. The standard InChI is InChI=1S/C22H26N2O6S2/c1-3-30-22(27)24-20(26)19-16-7-5-6-8-17(16)31-21(19)23-18(25)13-14-9-11-15(12-10-14)32(28,29)4-2/h9-12H,3-8,13H2,1-2H3,(H,23,25)(H,24,26,27). The van der Waals surface area contributed by atoms with E-state index >= 15 is 0 Å². The second-order valence-electron chi connectivity index (χ2n) is 7.36. The molecule has 0 saturated heterocycles. The molecule has 1 aliphatic rings. The maximum absolute atomic E-state index is 12.8. The molecule has 0 radical (unpaired) electrons. The van der Waals surface area contributed by atoms with Gasteiger partial charge in [0.25, 0.3) is 5.91 Å². The number of carbonyl (C=O) groups excluding carboxylic acids is 3. The van der Waals surface area contributed by atoms with Gasteiger partial charge >= 0.3 is 6.09 Å². The minimum absolute atomic E-state index is 0.00647. The monoisotopic (exact) mass is 478 g/mol. The molecule has 0 fully saturated rings. The van der Waals surface area contributed by atoms with Crippen LogP contribution in [0.5, 0.6) is 0 Å². The number of thiophene rings is 1. The van der Waals surface area contributed by atoms with Gasteiger partial charge in [-0.05, 0) is 55.9 Å². The molecule has 3 amide bonds. The molecule has 2 aromatic rings. The summed E-state index contributed by atoms with van der Waals surface area (Å²) in [5.74, 6) is -0.917. The molecule has 1 heterocycles. The van der Waals surface area contributed by atoms with Crippen molar-refractivity contribution in [3.63, 3.8) is 0 Å². The van der Waals surface area contributed by atoms with Crippen LogP contribution in [0.3, 0.4) is 0 Å². The minimum atomic E-state index is -3.30. The predicted octanol–water partition coefficient (Wildman–Crippen LogP) is 3.49. The van der Waals surface area contributed by atoms with E-state index in [4.69, 9.17) is 4.74 Å².